The van der Waals surface area contributed by atoms with Crippen LogP contribution in [-0.2, 0) is 12.8 Å². The minimum Gasteiger partial charge on any atom is -0.508 e. The number of aromatic nitrogens is 1. The largest absolute Gasteiger partial charge is 0.508 e. The maximum atomic E-state index is 9.41. The van der Waals surface area contributed by atoms with Crippen molar-refractivity contribution in [2.45, 2.75) is 18.9 Å². The van der Waals surface area contributed by atoms with Crippen LogP contribution in [-0.4, -0.2) is 23.2 Å². The molecule has 2 rings (SSSR count). The van der Waals surface area contributed by atoms with Gasteiger partial charge >= 0.3 is 0 Å². The van der Waals surface area contributed by atoms with Crippen molar-refractivity contribution in [3.63, 3.8) is 0 Å². The van der Waals surface area contributed by atoms with Gasteiger partial charge in [-0.1, -0.05) is 18.2 Å². The Balaban J connectivity index is 1.95. The lowest BCUT2D eigenvalue weighted by Gasteiger charge is -2.12. The zero-order valence-corrected chi connectivity index (χ0v) is 10.9. The molecule has 0 spiro atoms. The van der Waals surface area contributed by atoms with Gasteiger partial charge in [0.1, 0.15) is 5.75 Å². The van der Waals surface area contributed by atoms with Crippen molar-refractivity contribution in [2.75, 3.05) is 7.11 Å². The van der Waals surface area contributed by atoms with Gasteiger partial charge in [-0.15, -0.1) is 0 Å². The van der Waals surface area contributed by atoms with Crippen LogP contribution in [0.2, 0.25) is 0 Å². The predicted octanol–water partition coefficient (Wildman–Crippen LogP) is 1.91. The summed E-state index contributed by atoms with van der Waals surface area (Å²) in [7, 11) is 1.59. The average molecular weight is 258 g/mol. The number of hydrogen-bond donors (Lipinski definition) is 2. The Hall–Kier alpha value is -2.07. The highest BCUT2D eigenvalue weighted by Crippen LogP contribution is 2.14. The Kier molecular flexibility index (Phi) is 4.36. The molecule has 2 aromatic rings. The van der Waals surface area contributed by atoms with Crippen molar-refractivity contribution >= 4 is 0 Å². The SMILES string of the molecule is COc1ccc(CC(N)Cc2cccc(O)c2)cn1. The van der Waals surface area contributed by atoms with Gasteiger partial charge in [-0.25, -0.2) is 4.98 Å². The number of aromatic hydroxyl groups is 1. The van der Waals surface area contributed by atoms with Crippen LogP contribution in [0.4, 0.5) is 0 Å². The zero-order valence-electron chi connectivity index (χ0n) is 10.9. The molecule has 19 heavy (non-hydrogen) atoms. The maximum Gasteiger partial charge on any atom is 0.212 e. The first-order chi connectivity index (χ1) is 9.17. The summed E-state index contributed by atoms with van der Waals surface area (Å²) in [5.41, 5.74) is 8.23. The first-order valence-electron chi connectivity index (χ1n) is 6.20. The minimum atomic E-state index is -0.00278. The second-order valence-electron chi connectivity index (χ2n) is 4.55. The molecule has 0 saturated heterocycles. The lowest BCUT2D eigenvalue weighted by Crippen LogP contribution is -2.25. The third-order valence-electron chi connectivity index (χ3n) is 2.91. The van der Waals surface area contributed by atoms with E-state index < -0.39 is 0 Å². The third kappa shape index (κ3) is 3.96. The summed E-state index contributed by atoms with van der Waals surface area (Å²) in [5, 5.41) is 9.41. The second kappa shape index (κ2) is 6.20. The summed E-state index contributed by atoms with van der Waals surface area (Å²) in [4.78, 5) is 4.15. The van der Waals surface area contributed by atoms with E-state index in [9.17, 15) is 5.11 Å². The number of phenolic OH excluding ortho intramolecular Hbond substituents is 1. The Morgan fingerprint density at radius 3 is 2.63 bits per heavy atom. The van der Waals surface area contributed by atoms with Gasteiger partial charge < -0.3 is 15.6 Å². The van der Waals surface area contributed by atoms with Crippen molar-refractivity contribution in [1.82, 2.24) is 4.98 Å². The van der Waals surface area contributed by atoms with Gasteiger partial charge in [0.15, 0.2) is 0 Å². The molecule has 3 N–H and O–H groups in total. The average Bonchev–Trinajstić information content (AvgIpc) is 2.39. The van der Waals surface area contributed by atoms with E-state index in [-0.39, 0.29) is 11.8 Å². The number of hydrogen-bond acceptors (Lipinski definition) is 4. The van der Waals surface area contributed by atoms with E-state index in [1.165, 1.54) is 0 Å². The highest BCUT2D eigenvalue weighted by atomic mass is 16.5. The van der Waals surface area contributed by atoms with Crippen LogP contribution in [0.25, 0.3) is 0 Å². The van der Waals surface area contributed by atoms with E-state index in [1.54, 1.807) is 25.4 Å². The summed E-state index contributed by atoms with van der Waals surface area (Å²) in [6, 6.07) is 11.0. The molecule has 0 aliphatic carbocycles. The van der Waals surface area contributed by atoms with Crippen molar-refractivity contribution in [2.24, 2.45) is 5.73 Å². The highest BCUT2D eigenvalue weighted by Gasteiger charge is 2.07. The molecule has 0 fully saturated rings. The lowest BCUT2D eigenvalue weighted by atomic mass is 10.0. The topological polar surface area (TPSA) is 68.4 Å². The number of nitrogens with two attached hydrogens (primary N) is 1. The number of nitrogens with zero attached hydrogens (tertiary/aromatic N) is 1. The van der Waals surface area contributed by atoms with Gasteiger partial charge in [-0.3, -0.25) is 0 Å². The zero-order chi connectivity index (χ0) is 13.7. The number of pyridine rings is 1. The molecule has 1 heterocycles. The molecule has 4 nitrogen and oxygen atoms in total. The number of methoxy groups -OCH3 is 1. The fourth-order valence-corrected chi connectivity index (χ4v) is 2.01. The van der Waals surface area contributed by atoms with E-state index in [2.05, 4.69) is 4.98 Å². The van der Waals surface area contributed by atoms with Crippen molar-refractivity contribution in [1.29, 1.82) is 0 Å². The summed E-state index contributed by atoms with van der Waals surface area (Å²) < 4.78 is 5.01. The first-order valence-corrected chi connectivity index (χ1v) is 6.20. The van der Waals surface area contributed by atoms with Crippen molar-refractivity contribution < 1.29 is 9.84 Å². The molecule has 1 unspecified atom stereocenters. The normalized spacial score (nSPS) is 12.1. The molecule has 4 heteroatoms. The molecule has 0 bridgehead atoms. The first kappa shape index (κ1) is 13.4. The Morgan fingerprint density at radius 1 is 1.21 bits per heavy atom. The monoisotopic (exact) mass is 258 g/mol. The van der Waals surface area contributed by atoms with Crippen LogP contribution in [0.5, 0.6) is 11.6 Å². The van der Waals surface area contributed by atoms with Crippen LogP contribution in [0.15, 0.2) is 42.6 Å². The summed E-state index contributed by atoms with van der Waals surface area (Å²) in [5.74, 6) is 0.876. The molecule has 0 aliphatic rings. The lowest BCUT2D eigenvalue weighted by molar-refractivity contribution is 0.397. The summed E-state index contributed by atoms with van der Waals surface area (Å²) >= 11 is 0. The Bertz CT molecular complexity index is 526. The maximum absolute atomic E-state index is 9.41. The van der Waals surface area contributed by atoms with Crippen LogP contribution in [0.1, 0.15) is 11.1 Å². The molecule has 1 aromatic carbocycles. The van der Waals surface area contributed by atoms with Crippen LogP contribution >= 0.6 is 0 Å². The molecule has 100 valence electrons. The quantitative estimate of drug-likeness (QED) is 0.859. The van der Waals surface area contributed by atoms with Crippen molar-refractivity contribution in [3.05, 3.63) is 53.7 Å². The van der Waals surface area contributed by atoms with Crippen LogP contribution in [0, 0.1) is 0 Å². The van der Waals surface area contributed by atoms with E-state index in [1.807, 2.05) is 24.3 Å². The van der Waals surface area contributed by atoms with Gasteiger partial charge in [-0.05, 0) is 36.1 Å². The number of ether oxygens (including phenoxy) is 1. The molecule has 0 aliphatic heterocycles. The number of phenols is 1. The molecule has 1 aromatic heterocycles. The predicted molar refractivity (Wildman–Crippen MR) is 74.3 cm³/mol. The van der Waals surface area contributed by atoms with Gasteiger partial charge in [0, 0.05) is 18.3 Å². The van der Waals surface area contributed by atoms with Gasteiger partial charge in [-0.2, -0.15) is 0 Å². The second-order valence-corrected chi connectivity index (χ2v) is 4.55. The van der Waals surface area contributed by atoms with Gasteiger partial charge in [0.2, 0.25) is 5.88 Å². The molecule has 0 saturated carbocycles. The molecule has 1 atom stereocenters. The number of rotatable bonds is 5. The summed E-state index contributed by atoms with van der Waals surface area (Å²) in [6.45, 7) is 0. The summed E-state index contributed by atoms with van der Waals surface area (Å²) in [6.07, 6.45) is 3.24. The minimum absolute atomic E-state index is 0.00278. The van der Waals surface area contributed by atoms with E-state index in [0.717, 1.165) is 24.0 Å². The Labute approximate surface area is 112 Å². The smallest absolute Gasteiger partial charge is 0.212 e. The third-order valence-corrected chi connectivity index (χ3v) is 2.91. The van der Waals surface area contributed by atoms with Gasteiger partial charge in [0.05, 0.1) is 7.11 Å². The molecular weight excluding hydrogens is 240 g/mol. The van der Waals surface area contributed by atoms with Crippen LogP contribution < -0.4 is 10.5 Å². The fourth-order valence-electron chi connectivity index (χ4n) is 2.01. The highest BCUT2D eigenvalue weighted by molar-refractivity contribution is 5.28. The van der Waals surface area contributed by atoms with Gasteiger partial charge in [0.25, 0.3) is 0 Å². The van der Waals surface area contributed by atoms with Crippen molar-refractivity contribution in [3.8, 4) is 11.6 Å². The molecule has 0 radical (unpaired) electrons. The van der Waals surface area contributed by atoms with Crippen LogP contribution in [0.3, 0.4) is 0 Å². The molecular formula is C15H18N2O2. The standard InChI is InChI=1S/C15H18N2O2/c1-19-15-6-5-12(10-17-15)8-13(16)7-11-3-2-4-14(18)9-11/h2-6,9-10,13,18H,7-8,16H2,1H3. The number of benzene rings is 1. The fraction of sp³-hybridized carbons (Fsp3) is 0.267. The Morgan fingerprint density at radius 2 is 2.00 bits per heavy atom. The molecule has 0 amide bonds. The van der Waals surface area contributed by atoms with E-state index in [0.29, 0.717) is 5.88 Å². The van der Waals surface area contributed by atoms with E-state index in [4.69, 9.17) is 10.5 Å². The van der Waals surface area contributed by atoms with E-state index >= 15 is 0 Å².